The quantitative estimate of drug-likeness (QED) is 0.797. The van der Waals surface area contributed by atoms with Gasteiger partial charge in [0.1, 0.15) is 0 Å². The Balaban J connectivity index is 1.75. The van der Waals surface area contributed by atoms with Crippen LogP contribution in [-0.2, 0) is 27.7 Å². The molecule has 5 nitrogen and oxygen atoms in total. The number of sulfonamides is 1. The van der Waals surface area contributed by atoms with Crippen molar-refractivity contribution in [1.29, 1.82) is 0 Å². The summed E-state index contributed by atoms with van der Waals surface area (Å²) < 4.78 is 28.3. The second-order valence-electron chi connectivity index (χ2n) is 7.38. The van der Waals surface area contributed by atoms with Gasteiger partial charge in [-0.2, -0.15) is 0 Å². The Hall–Kier alpha value is -2.34. The molecule has 0 atom stereocenters. The van der Waals surface area contributed by atoms with Crippen LogP contribution in [0.5, 0.6) is 0 Å². The fourth-order valence-electron chi connectivity index (χ4n) is 4.13. The summed E-state index contributed by atoms with van der Waals surface area (Å²) in [6, 6.07) is 11.1. The number of nitrogens with zero attached hydrogens (tertiary/aromatic N) is 2. The number of fused-ring (bicyclic) bond motifs is 2. The minimum atomic E-state index is -3.63. The molecule has 2 heterocycles. The average molecular weight is 385 g/mol. The van der Waals surface area contributed by atoms with Crippen molar-refractivity contribution in [2.75, 3.05) is 22.3 Å². The van der Waals surface area contributed by atoms with Crippen molar-refractivity contribution in [2.45, 2.75) is 44.4 Å². The minimum absolute atomic E-state index is 0.00751. The van der Waals surface area contributed by atoms with E-state index >= 15 is 0 Å². The fourth-order valence-corrected chi connectivity index (χ4v) is 5.72. The first-order valence-corrected chi connectivity index (χ1v) is 10.9. The molecule has 0 fully saturated rings. The molecule has 4 rings (SSSR count). The van der Waals surface area contributed by atoms with Crippen LogP contribution in [0.2, 0.25) is 0 Å². The Morgan fingerprint density at radius 3 is 2.33 bits per heavy atom. The van der Waals surface area contributed by atoms with Gasteiger partial charge in [0.15, 0.2) is 0 Å². The lowest BCUT2D eigenvalue weighted by Gasteiger charge is -2.32. The third-order valence-electron chi connectivity index (χ3n) is 5.45. The maximum atomic E-state index is 13.4. The smallest absolute Gasteiger partial charge is 0.264 e. The van der Waals surface area contributed by atoms with E-state index in [1.54, 1.807) is 34.3 Å². The molecular weight excluding hydrogens is 360 g/mol. The number of benzene rings is 2. The number of hydrogen-bond donors (Lipinski definition) is 0. The van der Waals surface area contributed by atoms with Gasteiger partial charge in [-0.15, -0.1) is 0 Å². The van der Waals surface area contributed by atoms with Crippen molar-refractivity contribution in [1.82, 2.24) is 0 Å². The van der Waals surface area contributed by atoms with Crippen LogP contribution >= 0.6 is 0 Å². The van der Waals surface area contributed by atoms with Gasteiger partial charge in [0, 0.05) is 25.7 Å². The number of anilines is 2. The predicted molar refractivity (Wildman–Crippen MR) is 107 cm³/mol. The molecule has 0 N–H and O–H groups in total. The van der Waals surface area contributed by atoms with Gasteiger partial charge >= 0.3 is 0 Å². The maximum Gasteiger partial charge on any atom is 0.264 e. The summed E-state index contributed by atoms with van der Waals surface area (Å²) in [5, 5.41) is 0. The molecule has 2 aliphatic rings. The van der Waals surface area contributed by atoms with Crippen molar-refractivity contribution >= 4 is 27.3 Å². The summed E-state index contributed by atoms with van der Waals surface area (Å²) in [4.78, 5) is 13.9. The van der Waals surface area contributed by atoms with Crippen LogP contribution in [0.4, 0.5) is 11.4 Å². The predicted octanol–water partition coefficient (Wildman–Crippen LogP) is 3.44. The Bertz CT molecular complexity index is 1010. The highest BCUT2D eigenvalue weighted by Gasteiger charge is 2.30. The Labute approximate surface area is 160 Å². The molecule has 2 aliphatic heterocycles. The van der Waals surface area contributed by atoms with Crippen LogP contribution < -0.4 is 9.21 Å². The Kier molecular flexibility index (Phi) is 4.46. The van der Waals surface area contributed by atoms with E-state index < -0.39 is 10.0 Å². The molecular formula is C21H24N2O3S. The second kappa shape index (κ2) is 6.68. The zero-order valence-corrected chi connectivity index (χ0v) is 16.6. The first kappa shape index (κ1) is 18.0. The molecule has 0 spiro atoms. The summed E-state index contributed by atoms with van der Waals surface area (Å²) in [6.07, 6.45) is 3.36. The van der Waals surface area contributed by atoms with Gasteiger partial charge in [-0.3, -0.25) is 9.10 Å². The monoisotopic (exact) mass is 384 g/mol. The number of amides is 1. The Morgan fingerprint density at radius 1 is 0.926 bits per heavy atom. The van der Waals surface area contributed by atoms with Crippen molar-refractivity contribution in [3.63, 3.8) is 0 Å². The zero-order chi connectivity index (χ0) is 19.2. The van der Waals surface area contributed by atoms with Crippen molar-refractivity contribution in [2.24, 2.45) is 0 Å². The zero-order valence-electron chi connectivity index (χ0n) is 15.7. The topological polar surface area (TPSA) is 57.7 Å². The molecule has 2 aromatic carbocycles. The van der Waals surface area contributed by atoms with Gasteiger partial charge in [-0.05, 0) is 68.0 Å². The highest BCUT2D eigenvalue weighted by molar-refractivity contribution is 7.92. The van der Waals surface area contributed by atoms with Crippen LogP contribution in [-0.4, -0.2) is 27.4 Å². The molecule has 0 radical (unpaired) electrons. The fraction of sp³-hybridized carbons (Fsp3) is 0.381. The van der Waals surface area contributed by atoms with Crippen molar-refractivity contribution < 1.29 is 13.2 Å². The number of hydrogen-bond acceptors (Lipinski definition) is 3. The third kappa shape index (κ3) is 3.12. The largest absolute Gasteiger partial charge is 0.312 e. The van der Waals surface area contributed by atoms with Crippen molar-refractivity contribution in [3.05, 3.63) is 53.1 Å². The van der Waals surface area contributed by atoms with Gasteiger partial charge in [-0.1, -0.05) is 17.7 Å². The van der Waals surface area contributed by atoms with Crippen LogP contribution in [0.25, 0.3) is 0 Å². The summed E-state index contributed by atoms with van der Waals surface area (Å²) in [5.74, 6) is -0.00751. The molecule has 0 saturated heterocycles. The summed E-state index contributed by atoms with van der Waals surface area (Å²) in [6.45, 7) is 4.76. The first-order chi connectivity index (χ1) is 12.9. The Morgan fingerprint density at radius 2 is 1.59 bits per heavy atom. The number of aryl methyl sites for hydroxylation is 3. The van der Waals surface area contributed by atoms with E-state index in [2.05, 4.69) is 6.07 Å². The summed E-state index contributed by atoms with van der Waals surface area (Å²) in [7, 11) is -3.63. The molecule has 142 valence electrons. The average Bonchev–Trinajstić information content (AvgIpc) is 2.66. The lowest BCUT2D eigenvalue weighted by atomic mass is 10.0. The molecule has 0 unspecified atom stereocenters. The summed E-state index contributed by atoms with van der Waals surface area (Å²) >= 11 is 0. The van der Waals surface area contributed by atoms with Crippen LogP contribution in [0, 0.1) is 6.92 Å². The highest BCUT2D eigenvalue weighted by Crippen LogP contribution is 2.35. The molecule has 1 amide bonds. The molecule has 0 bridgehead atoms. The van der Waals surface area contributed by atoms with E-state index in [-0.39, 0.29) is 5.91 Å². The van der Waals surface area contributed by atoms with E-state index in [4.69, 9.17) is 0 Å². The maximum absolute atomic E-state index is 13.4. The number of rotatable bonds is 2. The second-order valence-corrected chi connectivity index (χ2v) is 9.24. The lowest BCUT2D eigenvalue weighted by molar-refractivity contribution is -0.116. The first-order valence-electron chi connectivity index (χ1n) is 9.41. The van der Waals surface area contributed by atoms with E-state index in [1.807, 2.05) is 19.1 Å². The van der Waals surface area contributed by atoms with Gasteiger partial charge in [0.05, 0.1) is 10.6 Å². The van der Waals surface area contributed by atoms with Gasteiger partial charge in [0.2, 0.25) is 5.91 Å². The lowest BCUT2D eigenvalue weighted by Crippen LogP contribution is -2.36. The number of carbonyl (C=O) groups excluding carboxylic acids is 1. The molecule has 0 aliphatic carbocycles. The van der Waals surface area contributed by atoms with Gasteiger partial charge in [-0.25, -0.2) is 8.42 Å². The summed E-state index contributed by atoms with van der Waals surface area (Å²) in [5.41, 5.74) is 4.78. The van der Waals surface area contributed by atoms with Crippen LogP contribution in [0.3, 0.4) is 0 Å². The van der Waals surface area contributed by atoms with Gasteiger partial charge < -0.3 is 4.90 Å². The van der Waals surface area contributed by atoms with E-state index in [0.29, 0.717) is 18.0 Å². The van der Waals surface area contributed by atoms with Crippen molar-refractivity contribution in [3.8, 4) is 0 Å². The number of carbonyl (C=O) groups is 1. The SMILES string of the molecule is CC(=O)N1CCCc2cc(S(=O)(=O)N3CCCc4cc(C)ccc43)ccc21. The molecule has 2 aromatic rings. The van der Waals surface area contributed by atoms with Crippen LogP contribution in [0.15, 0.2) is 41.3 Å². The normalized spacial score (nSPS) is 16.7. The molecule has 27 heavy (non-hydrogen) atoms. The standard InChI is InChI=1S/C21H24N2O3S/c1-15-7-9-21-17(13-15)6-4-12-23(21)27(25,26)19-8-10-20-18(14-19)5-3-11-22(20)16(2)24/h7-10,13-14H,3-6,11-12H2,1-2H3. The van der Waals surface area contributed by atoms with Gasteiger partial charge in [0.25, 0.3) is 10.0 Å². The third-order valence-corrected chi connectivity index (χ3v) is 7.26. The van der Waals surface area contributed by atoms with E-state index in [1.165, 1.54) is 0 Å². The highest BCUT2D eigenvalue weighted by atomic mass is 32.2. The molecule has 0 aromatic heterocycles. The minimum Gasteiger partial charge on any atom is -0.312 e. The molecule has 6 heteroatoms. The van der Waals surface area contributed by atoms with E-state index in [0.717, 1.165) is 53.7 Å². The molecule has 0 saturated carbocycles. The van der Waals surface area contributed by atoms with E-state index in [9.17, 15) is 13.2 Å². The van der Waals surface area contributed by atoms with Crippen LogP contribution in [0.1, 0.15) is 36.5 Å².